The van der Waals surface area contributed by atoms with Crippen molar-refractivity contribution in [3.63, 3.8) is 0 Å². The minimum atomic E-state index is -0.843. The Bertz CT molecular complexity index is 1110. The van der Waals surface area contributed by atoms with Gasteiger partial charge in [0.25, 0.3) is 5.91 Å². The standard InChI is InChI=1S/C20H14Cl3FN4O2/c21-14-2-1-3-15(22)13(14)9-28-10-16(23)19(26-28)25-20(29)18-8-17(27-30-18)11-4-6-12(24)7-5-11/h1-7,10,18H,8-9H2,(H,25,26,29). The van der Waals surface area contributed by atoms with Gasteiger partial charge in [0.2, 0.25) is 6.10 Å². The normalized spacial score (nSPS) is 15.6. The first kappa shape index (κ1) is 20.7. The number of anilines is 1. The summed E-state index contributed by atoms with van der Waals surface area (Å²) in [6, 6.07) is 11.0. The molecule has 6 nitrogen and oxygen atoms in total. The molecular weight excluding hydrogens is 454 g/mol. The number of amides is 1. The minimum Gasteiger partial charge on any atom is -0.382 e. The molecule has 1 aliphatic heterocycles. The van der Waals surface area contributed by atoms with Gasteiger partial charge in [0.1, 0.15) is 10.8 Å². The van der Waals surface area contributed by atoms with Gasteiger partial charge in [0, 0.05) is 28.2 Å². The van der Waals surface area contributed by atoms with E-state index < -0.39 is 12.0 Å². The maximum Gasteiger partial charge on any atom is 0.269 e. The van der Waals surface area contributed by atoms with E-state index >= 15 is 0 Å². The lowest BCUT2D eigenvalue weighted by molar-refractivity contribution is -0.125. The number of oxime groups is 1. The first-order valence-electron chi connectivity index (χ1n) is 8.86. The van der Waals surface area contributed by atoms with Crippen LogP contribution in [-0.4, -0.2) is 27.5 Å². The van der Waals surface area contributed by atoms with Gasteiger partial charge in [-0.25, -0.2) is 4.39 Å². The van der Waals surface area contributed by atoms with Crippen molar-refractivity contribution in [2.24, 2.45) is 5.16 Å². The number of aromatic nitrogens is 2. The molecule has 10 heteroatoms. The molecule has 0 spiro atoms. The molecule has 30 heavy (non-hydrogen) atoms. The molecule has 0 radical (unpaired) electrons. The molecule has 0 bridgehead atoms. The molecule has 0 saturated carbocycles. The van der Waals surface area contributed by atoms with Gasteiger partial charge in [-0.15, -0.1) is 0 Å². The third-order valence-corrected chi connectivity index (χ3v) is 5.46. The number of hydrogen-bond donors (Lipinski definition) is 1. The molecule has 0 fully saturated rings. The van der Waals surface area contributed by atoms with E-state index in [2.05, 4.69) is 15.6 Å². The Kier molecular flexibility index (Phi) is 5.94. The van der Waals surface area contributed by atoms with Gasteiger partial charge in [-0.05, 0) is 29.8 Å². The number of nitrogens with zero attached hydrogens (tertiary/aromatic N) is 3. The molecule has 0 saturated heterocycles. The molecule has 1 atom stereocenters. The zero-order valence-electron chi connectivity index (χ0n) is 15.3. The van der Waals surface area contributed by atoms with Crippen molar-refractivity contribution >= 4 is 52.2 Å². The van der Waals surface area contributed by atoms with Crippen LogP contribution >= 0.6 is 34.8 Å². The first-order valence-corrected chi connectivity index (χ1v) is 9.99. The van der Waals surface area contributed by atoms with Gasteiger partial charge < -0.3 is 10.2 Å². The predicted octanol–water partition coefficient (Wildman–Crippen LogP) is 5.16. The number of carbonyl (C=O) groups is 1. The van der Waals surface area contributed by atoms with Gasteiger partial charge in [-0.3, -0.25) is 9.48 Å². The Balaban J connectivity index is 1.41. The molecule has 2 aromatic carbocycles. The van der Waals surface area contributed by atoms with E-state index in [9.17, 15) is 9.18 Å². The quantitative estimate of drug-likeness (QED) is 0.563. The smallest absolute Gasteiger partial charge is 0.269 e. The fourth-order valence-electron chi connectivity index (χ4n) is 2.94. The average molecular weight is 468 g/mol. The largest absolute Gasteiger partial charge is 0.382 e. The highest BCUT2D eigenvalue weighted by atomic mass is 35.5. The van der Waals surface area contributed by atoms with Crippen LogP contribution in [0.2, 0.25) is 15.1 Å². The second-order valence-corrected chi connectivity index (χ2v) is 7.78. The average Bonchev–Trinajstić information content (AvgIpc) is 3.33. The molecule has 1 aliphatic rings. The van der Waals surface area contributed by atoms with Crippen LogP contribution in [0.4, 0.5) is 10.2 Å². The summed E-state index contributed by atoms with van der Waals surface area (Å²) in [7, 11) is 0. The fourth-order valence-corrected chi connectivity index (χ4v) is 3.65. The SMILES string of the molecule is O=C(Nc1nn(Cc2c(Cl)cccc2Cl)cc1Cl)C1CC(c2ccc(F)cc2)=NO1. The van der Waals surface area contributed by atoms with Crippen molar-refractivity contribution in [3.05, 3.63) is 80.7 Å². The third-order valence-electron chi connectivity index (χ3n) is 4.48. The zero-order valence-corrected chi connectivity index (χ0v) is 17.5. The van der Waals surface area contributed by atoms with E-state index in [-0.39, 0.29) is 29.6 Å². The number of halogens is 4. The molecule has 1 unspecified atom stereocenters. The summed E-state index contributed by atoms with van der Waals surface area (Å²) < 4.78 is 14.6. The van der Waals surface area contributed by atoms with Crippen molar-refractivity contribution in [3.8, 4) is 0 Å². The summed E-state index contributed by atoms with van der Waals surface area (Å²) in [5, 5.41) is 12.1. The summed E-state index contributed by atoms with van der Waals surface area (Å²) in [6.45, 7) is 0.284. The van der Waals surface area contributed by atoms with Gasteiger partial charge >= 0.3 is 0 Å². The minimum absolute atomic E-state index is 0.184. The van der Waals surface area contributed by atoms with Crippen molar-refractivity contribution in [2.75, 3.05) is 5.32 Å². The highest BCUT2D eigenvalue weighted by Crippen LogP contribution is 2.27. The molecule has 1 aromatic heterocycles. The lowest BCUT2D eigenvalue weighted by atomic mass is 10.0. The number of rotatable bonds is 5. The van der Waals surface area contributed by atoms with Crippen LogP contribution < -0.4 is 5.32 Å². The van der Waals surface area contributed by atoms with Crippen molar-refractivity contribution in [1.29, 1.82) is 0 Å². The van der Waals surface area contributed by atoms with Crippen LogP contribution in [-0.2, 0) is 16.2 Å². The molecular formula is C20H14Cl3FN4O2. The molecule has 1 N–H and O–H groups in total. The number of nitrogens with one attached hydrogen (secondary N) is 1. The topological polar surface area (TPSA) is 68.5 Å². The summed E-state index contributed by atoms with van der Waals surface area (Å²) in [5.74, 6) is -0.613. The molecule has 154 valence electrons. The third kappa shape index (κ3) is 4.43. The second-order valence-electron chi connectivity index (χ2n) is 6.56. The van der Waals surface area contributed by atoms with E-state index in [0.29, 0.717) is 26.9 Å². The van der Waals surface area contributed by atoms with Gasteiger partial charge in [0.15, 0.2) is 5.82 Å². The number of carbonyl (C=O) groups excluding carboxylic acids is 1. The maximum absolute atomic E-state index is 13.1. The molecule has 3 aromatic rings. The number of benzene rings is 2. The summed E-state index contributed by atoms with van der Waals surface area (Å²) in [6.07, 6.45) is 0.960. The van der Waals surface area contributed by atoms with E-state index in [0.717, 1.165) is 0 Å². The van der Waals surface area contributed by atoms with Crippen molar-refractivity contribution in [1.82, 2.24) is 9.78 Å². The molecule has 0 aliphatic carbocycles. The van der Waals surface area contributed by atoms with Crippen molar-refractivity contribution in [2.45, 2.75) is 19.1 Å². The van der Waals surface area contributed by atoms with Gasteiger partial charge in [-0.1, -0.05) is 58.2 Å². The summed E-state index contributed by atoms with van der Waals surface area (Å²) in [4.78, 5) is 17.8. The Labute approximate surface area is 186 Å². The van der Waals surface area contributed by atoms with Crippen LogP contribution in [0, 0.1) is 5.82 Å². The van der Waals surface area contributed by atoms with E-state index in [1.807, 2.05) is 0 Å². The maximum atomic E-state index is 13.1. The predicted molar refractivity (Wildman–Crippen MR) is 114 cm³/mol. The highest BCUT2D eigenvalue weighted by molar-refractivity contribution is 6.36. The molecule has 2 heterocycles. The van der Waals surface area contributed by atoms with Crippen LogP contribution in [0.5, 0.6) is 0 Å². The lowest BCUT2D eigenvalue weighted by Gasteiger charge is -2.08. The van der Waals surface area contributed by atoms with Crippen LogP contribution in [0.25, 0.3) is 0 Å². The number of hydrogen-bond acceptors (Lipinski definition) is 4. The van der Waals surface area contributed by atoms with Gasteiger partial charge in [0.05, 0.1) is 12.3 Å². The lowest BCUT2D eigenvalue weighted by Crippen LogP contribution is -2.28. The van der Waals surface area contributed by atoms with E-state index in [1.165, 1.54) is 16.8 Å². The molecule has 1 amide bonds. The fraction of sp³-hybridized carbons (Fsp3) is 0.150. The Morgan fingerprint density at radius 2 is 1.83 bits per heavy atom. The monoisotopic (exact) mass is 466 g/mol. The zero-order chi connectivity index (χ0) is 21.3. The molecule has 4 rings (SSSR count). The summed E-state index contributed by atoms with van der Waals surface area (Å²) >= 11 is 18.6. The second kappa shape index (κ2) is 8.63. The van der Waals surface area contributed by atoms with Crippen LogP contribution in [0.15, 0.2) is 53.8 Å². The van der Waals surface area contributed by atoms with Crippen LogP contribution in [0.1, 0.15) is 17.5 Å². The van der Waals surface area contributed by atoms with Crippen LogP contribution in [0.3, 0.4) is 0 Å². The Hall–Kier alpha value is -2.61. The van der Waals surface area contributed by atoms with E-state index in [1.54, 1.807) is 36.5 Å². The van der Waals surface area contributed by atoms with E-state index in [4.69, 9.17) is 39.6 Å². The van der Waals surface area contributed by atoms with Crippen molar-refractivity contribution < 1.29 is 14.0 Å². The van der Waals surface area contributed by atoms with Gasteiger partial charge in [-0.2, -0.15) is 5.10 Å². The Morgan fingerprint density at radius 1 is 1.13 bits per heavy atom. The Morgan fingerprint density at radius 3 is 2.53 bits per heavy atom. The summed E-state index contributed by atoms with van der Waals surface area (Å²) in [5.41, 5.74) is 1.93. The highest BCUT2D eigenvalue weighted by Gasteiger charge is 2.30. The first-order chi connectivity index (χ1) is 14.4.